The lowest BCUT2D eigenvalue weighted by Crippen LogP contribution is -2.09. The summed E-state index contributed by atoms with van der Waals surface area (Å²) in [5.41, 5.74) is -0.190. The van der Waals surface area contributed by atoms with Gasteiger partial charge >= 0.3 is 0 Å². The van der Waals surface area contributed by atoms with Crippen molar-refractivity contribution >= 4 is 22.9 Å². The van der Waals surface area contributed by atoms with Crippen LogP contribution in [0.1, 0.15) is 30.9 Å². The number of fused-ring (bicyclic) bond motifs is 1. The lowest BCUT2D eigenvalue weighted by atomic mass is 10.2. The van der Waals surface area contributed by atoms with Gasteiger partial charge in [0.15, 0.2) is 11.6 Å². The molecule has 0 saturated heterocycles. The third kappa shape index (κ3) is 4.01. The van der Waals surface area contributed by atoms with E-state index >= 15 is 0 Å². The highest BCUT2D eigenvalue weighted by molar-refractivity contribution is 6.32. The number of nitro groups is 1. The molecule has 0 saturated carbocycles. The monoisotopic (exact) mass is 389 g/mol. The minimum absolute atomic E-state index is 0.0197. The topological polar surface area (TPSA) is 127 Å². The Hall–Kier alpha value is -3.12. The summed E-state index contributed by atoms with van der Waals surface area (Å²) in [6.45, 7) is 0.355. The number of aromatic nitrogens is 3. The fourth-order valence-corrected chi connectivity index (χ4v) is 3.08. The van der Waals surface area contributed by atoms with Crippen LogP contribution in [-0.2, 0) is 13.0 Å². The van der Waals surface area contributed by atoms with E-state index in [1.165, 1.54) is 12.1 Å². The van der Waals surface area contributed by atoms with E-state index in [-0.39, 0.29) is 34.4 Å². The van der Waals surface area contributed by atoms with Gasteiger partial charge in [-0.05, 0) is 18.9 Å². The van der Waals surface area contributed by atoms with E-state index in [1.807, 2.05) is 10.6 Å². The highest BCUT2D eigenvalue weighted by atomic mass is 35.5. The first-order chi connectivity index (χ1) is 13.0. The summed E-state index contributed by atoms with van der Waals surface area (Å²) in [5, 5.41) is 38.8. The van der Waals surface area contributed by atoms with Gasteiger partial charge in [-0.3, -0.25) is 10.1 Å². The van der Waals surface area contributed by atoms with E-state index in [9.17, 15) is 20.5 Å². The van der Waals surface area contributed by atoms with E-state index < -0.39 is 4.92 Å². The molecular formula is C17H16ClN5O4. The van der Waals surface area contributed by atoms with Crippen molar-refractivity contribution in [1.82, 2.24) is 14.8 Å². The number of aryl methyl sites for hydroxylation is 1. The highest BCUT2D eigenvalue weighted by Gasteiger charge is 2.21. The Morgan fingerprint density at radius 1 is 1.41 bits per heavy atom. The summed E-state index contributed by atoms with van der Waals surface area (Å²) in [6.07, 6.45) is 3.81. The number of non-ortho nitro benzene ring substituents is 1. The average Bonchev–Trinajstić information content (AvgIpc) is 2.89. The molecule has 3 rings (SSSR count). The third-order valence-corrected chi connectivity index (χ3v) is 4.52. The summed E-state index contributed by atoms with van der Waals surface area (Å²) in [5.74, 6) is 0.949. The number of allylic oxidation sites excluding steroid dienone is 1. The highest BCUT2D eigenvalue weighted by Crippen LogP contribution is 2.29. The maximum absolute atomic E-state index is 10.7. The Morgan fingerprint density at radius 2 is 2.22 bits per heavy atom. The molecule has 0 fully saturated rings. The van der Waals surface area contributed by atoms with E-state index in [1.54, 1.807) is 0 Å². The fraction of sp³-hybridized carbons (Fsp3) is 0.353. The number of halogens is 1. The van der Waals surface area contributed by atoms with Crippen molar-refractivity contribution in [3.05, 3.63) is 50.7 Å². The number of nitriles is 1. The molecule has 1 aliphatic rings. The number of benzene rings is 1. The van der Waals surface area contributed by atoms with Crippen molar-refractivity contribution in [3.8, 4) is 11.8 Å². The average molecular weight is 390 g/mol. The minimum Gasteiger partial charge on any atom is -0.507 e. The number of nitro benzene ring substituents is 1. The van der Waals surface area contributed by atoms with Gasteiger partial charge in [0.25, 0.3) is 5.69 Å². The summed E-state index contributed by atoms with van der Waals surface area (Å²) >= 11 is 5.96. The van der Waals surface area contributed by atoms with Crippen LogP contribution >= 0.6 is 11.6 Å². The summed E-state index contributed by atoms with van der Waals surface area (Å²) in [4.78, 5) is 10.2. The van der Waals surface area contributed by atoms with Gasteiger partial charge in [-0.15, -0.1) is 10.2 Å². The molecule has 27 heavy (non-hydrogen) atoms. The molecule has 2 aromatic rings. The smallest absolute Gasteiger partial charge is 0.271 e. The van der Waals surface area contributed by atoms with Crippen molar-refractivity contribution in [2.24, 2.45) is 0 Å². The Labute approximate surface area is 159 Å². The zero-order chi connectivity index (χ0) is 19.4. The zero-order valence-corrected chi connectivity index (χ0v) is 15.0. The first-order valence-electron chi connectivity index (χ1n) is 8.32. The van der Waals surface area contributed by atoms with Gasteiger partial charge in [-0.1, -0.05) is 18.0 Å². The quantitative estimate of drug-likeness (QED) is 0.359. The van der Waals surface area contributed by atoms with Crippen molar-refractivity contribution in [2.75, 3.05) is 6.61 Å². The predicted octanol–water partition coefficient (Wildman–Crippen LogP) is 3.44. The van der Waals surface area contributed by atoms with Crippen LogP contribution in [0.2, 0.25) is 5.02 Å². The second-order valence-electron chi connectivity index (χ2n) is 6.00. The molecule has 2 heterocycles. The molecule has 1 aromatic heterocycles. The molecule has 0 unspecified atom stereocenters. The van der Waals surface area contributed by atoms with E-state index in [4.69, 9.17) is 16.3 Å². The maximum Gasteiger partial charge on any atom is 0.271 e. The van der Waals surface area contributed by atoms with Gasteiger partial charge in [-0.25, -0.2) is 0 Å². The van der Waals surface area contributed by atoms with Crippen LogP contribution in [0.5, 0.6) is 5.75 Å². The number of hydrogen-bond acceptors (Lipinski definition) is 7. The van der Waals surface area contributed by atoms with Crippen LogP contribution in [0.25, 0.3) is 5.57 Å². The lowest BCUT2D eigenvalue weighted by molar-refractivity contribution is -0.384. The van der Waals surface area contributed by atoms with Crippen molar-refractivity contribution in [2.45, 2.75) is 32.2 Å². The number of nitrogens with zero attached hydrogens (tertiary/aromatic N) is 5. The Kier molecular flexibility index (Phi) is 5.57. The molecule has 9 nitrogen and oxygen atoms in total. The molecule has 1 aliphatic heterocycles. The van der Waals surface area contributed by atoms with Gasteiger partial charge < -0.3 is 14.4 Å². The van der Waals surface area contributed by atoms with Gasteiger partial charge in [0.2, 0.25) is 0 Å². The molecule has 0 bridgehead atoms. The second-order valence-corrected chi connectivity index (χ2v) is 6.40. The molecule has 0 atom stereocenters. The first kappa shape index (κ1) is 18.7. The third-order valence-electron chi connectivity index (χ3n) is 4.22. The number of hydrogen-bond donors (Lipinski definition) is 1. The normalized spacial score (nSPS) is 14.5. The summed E-state index contributed by atoms with van der Waals surface area (Å²) in [6, 6.07) is 5.69. The van der Waals surface area contributed by atoms with Crippen molar-refractivity contribution in [1.29, 1.82) is 5.26 Å². The molecule has 0 radical (unpaired) electrons. The van der Waals surface area contributed by atoms with Gasteiger partial charge in [0, 0.05) is 25.1 Å². The van der Waals surface area contributed by atoms with Gasteiger partial charge in [-0.2, -0.15) is 5.26 Å². The molecule has 0 amide bonds. The van der Waals surface area contributed by atoms with Crippen LogP contribution in [0.15, 0.2) is 24.0 Å². The van der Waals surface area contributed by atoms with E-state index in [0.717, 1.165) is 37.6 Å². The molecule has 1 N–H and O–H groups in total. The fourth-order valence-electron chi connectivity index (χ4n) is 2.85. The molecule has 0 spiro atoms. The maximum atomic E-state index is 10.7. The molecule has 1 aromatic carbocycles. The Bertz CT molecular complexity index is 947. The predicted molar refractivity (Wildman–Crippen MR) is 96.3 cm³/mol. The Balaban J connectivity index is 1.82. The Morgan fingerprint density at radius 3 is 2.93 bits per heavy atom. The summed E-state index contributed by atoms with van der Waals surface area (Å²) < 4.78 is 7.26. The minimum atomic E-state index is -0.572. The van der Waals surface area contributed by atoms with Crippen LogP contribution < -0.4 is 4.74 Å². The van der Waals surface area contributed by atoms with E-state index in [0.29, 0.717) is 12.4 Å². The van der Waals surface area contributed by atoms with Crippen LogP contribution in [0, 0.1) is 21.4 Å². The lowest BCUT2D eigenvalue weighted by Gasteiger charge is -2.10. The number of aliphatic hydroxyl groups excluding tert-OH is 1. The van der Waals surface area contributed by atoms with Crippen molar-refractivity contribution in [3.63, 3.8) is 0 Å². The summed E-state index contributed by atoms with van der Waals surface area (Å²) in [7, 11) is 0. The number of ether oxygens (including phenoxy) is 1. The second kappa shape index (κ2) is 8.05. The number of rotatable bonds is 5. The molecule has 140 valence electrons. The van der Waals surface area contributed by atoms with Crippen molar-refractivity contribution < 1.29 is 14.8 Å². The SMILES string of the molecule is N#C/C(=C(/O)COc1ccc([N+](=O)[O-])cc1Cl)c1nnc2n1CCCCC2. The first-order valence-corrected chi connectivity index (χ1v) is 8.70. The molecule has 0 aliphatic carbocycles. The molecular weight excluding hydrogens is 374 g/mol. The standard InChI is InChI=1S/C17H16ClN5O4/c18-13-8-11(23(25)26)5-6-15(13)27-10-14(24)12(9-19)17-21-20-16-4-2-1-3-7-22(16)17/h5-6,8,24H,1-4,7,10H2/b14-12-. The van der Waals surface area contributed by atoms with Gasteiger partial charge in [0.05, 0.1) is 9.95 Å². The van der Waals surface area contributed by atoms with E-state index in [2.05, 4.69) is 10.2 Å². The number of aliphatic hydroxyl groups is 1. The van der Waals surface area contributed by atoms with Crippen LogP contribution in [-0.4, -0.2) is 31.4 Å². The van der Waals surface area contributed by atoms with Crippen LogP contribution in [0.3, 0.4) is 0 Å². The molecule has 10 heteroatoms. The zero-order valence-electron chi connectivity index (χ0n) is 14.3. The largest absolute Gasteiger partial charge is 0.507 e. The van der Waals surface area contributed by atoms with Gasteiger partial charge in [0.1, 0.15) is 29.8 Å². The van der Waals surface area contributed by atoms with Crippen LogP contribution in [0.4, 0.5) is 5.69 Å².